The Morgan fingerprint density at radius 2 is 0.391 bits per heavy atom. The van der Waals surface area contributed by atoms with Crippen LogP contribution in [0.3, 0.4) is 0 Å². The van der Waals surface area contributed by atoms with Crippen molar-refractivity contribution in [3.63, 3.8) is 0 Å². The van der Waals surface area contributed by atoms with Crippen molar-refractivity contribution in [1.29, 1.82) is 0 Å². The van der Waals surface area contributed by atoms with E-state index < -0.39 is 0 Å². The molecule has 0 saturated carbocycles. The van der Waals surface area contributed by atoms with Gasteiger partial charge >= 0.3 is 0 Å². The molecule has 0 atom stereocenters. The summed E-state index contributed by atoms with van der Waals surface area (Å²) in [6.07, 6.45) is 0. The van der Waals surface area contributed by atoms with Gasteiger partial charge in [-0.05, 0) is 254 Å². The minimum absolute atomic E-state index is 0.0534. The molecule has 0 unspecified atom stereocenters. The zero-order valence-electron chi connectivity index (χ0n) is 76.7. The van der Waals surface area contributed by atoms with Crippen LogP contribution in [0, 0.1) is 0 Å². The molecule has 0 fully saturated rings. The molecule has 26 aromatic rings. The van der Waals surface area contributed by atoms with Gasteiger partial charge in [-0.1, -0.05) is 380 Å². The Morgan fingerprint density at radius 1 is 0.159 bits per heavy atom. The maximum absolute atomic E-state index is 2.43. The summed E-state index contributed by atoms with van der Waals surface area (Å²) in [5.41, 5.74) is 28.5. The molecule has 3 aromatic heterocycles. The van der Waals surface area contributed by atoms with Crippen LogP contribution in [0.4, 0.5) is 51.2 Å². The van der Waals surface area contributed by atoms with E-state index in [2.05, 4.69) is 522 Å². The number of hydrogen-bond donors (Lipinski definition) is 0. The van der Waals surface area contributed by atoms with Crippen LogP contribution in [0.25, 0.3) is 181 Å². The van der Waals surface area contributed by atoms with Gasteiger partial charge in [0.25, 0.3) is 0 Å². The van der Waals surface area contributed by atoms with Crippen LogP contribution in [0.2, 0.25) is 0 Å². The molecule has 0 aliphatic heterocycles. The number of benzene rings is 23. The molecule has 28 rings (SSSR count). The van der Waals surface area contributed by atoms with Crippen LogP contribution in [-0.4, -0.2) is 0 Å². The summed E-state index contributed by atoms with van der Waals surface area (Å²) in [7, 11) is 0. The Labute approximate surface area is 814 Å². The molecule has 23 aromatic carbocycles. The highest BCUT2D eigenvalue weighted by Crippen LogP contribution is 2.55. The lowest BCUT2D eigenvalue weighted by atomic mass is 9.82. The monoisotopic (exact) mass is 1810 g/mol. The molecule has 0 spiro atoms. The summed E-state index contributed by atoms with van der Waals surface area (Å²) >= 11 is 5.71. The number of fused-ring (bicyclic) bond motifs is 27. The molecule has 2 aliphatic carbocycles. The van der Waals surface area contributed by atoms with Crippen LogP contribution < -0.4 is 14.7 Å². The van der Waals surface area contributed by atoms with Gasteiger partial charge in [-0.3, -0.25) is 0 Å². The van der Waals surface area contributed by atoms with E-state index in [9.17, 15) is 0 Å². The van der Waals surface area contributed by atoms with Crippen molar-refractivity contribution >= 4 is 210 Å². The second-order valence-electron chi connectivity index (χ2n) is 37.7. The van der Waals surface area contributed by atoms with Crippen LogP contribution in [-0.2, 0) is 10.8 Å². The first-order valence-electron chi connectivity index (χ1n) is 47.6. The number of hydrogen-bond acceptors (Lipinski definition) is 6. The molecule has 138 heavy (non-hydrogen) atoms. The van der Waals surface area contributed by atoms with Crippen molar-refractivity contribution in [2.24, 2.45) is 0 Å². The third-order valence-corrected chi connectivity index (χ3v) is 32.7. The number of nitrogens with zero attached hydrogens (tertiary/aromatic N) is 3. The van der Waals surface area contributed by atoms with E-state index in [0.717, 1.165) is 39.8 Å². The predicted octanol–water partition coefficient (Wildman–Crippen LogP) is 39.1. The fourth-order valence-corrected chi connectivity index (χ4v) is 26.1. The largest absolute Gasteiger partial charge is 0.310 e. The lowest BCUT2D eigenvalue weighted by Gasteiger charge is -2.28. The average Bonchev–Trinajstić information content (AvgIpc) is 1.53. The highest BCUT2D eigenvalue weighted by atomic mass is 32.1. The Kier molecular flexibility index (Phi) is 19.9. The van der Waals surface area contributed by atoms with E-state index in [1.165, 1.54) is 214 Å². The molecule has 0 radical (unpaired) electrons. The zero-order valence-corrected chi connectivity index (χ0v) is 79.1. The lowest BCUT2D eigenvalue weighted by Crippen LogP contribution is -2.16. The van der Waals surface area contributed by atoms with Crippen LogP contribution in [0.15, 0.2) is 479 Å². The van der Waals surface area contributed by atoms with Gasteiger partial charge in [0.1, 0.15) is 0 Å². The molecule has 0 bridgehead atoms. The van der Waals surface area contributed by atoms with Gasteiger partial charge in [0, 0.05) is 139 Å². The molecule has 0 amide bonds. The first-order chi connectivity index (χ1) is 67.9. The van der Waals surface area contributed by atoms with Crippen molar-refractivity contribution in [3.8, 4) is 55.6 Å². The van der Waals surface area contributed by atoms with Crippen molar-refractivity contribution in [2.45, 2.75) is 38.5 Å². The average molecular weight is 1820 g/mol. The summed E-state index contributed by atoms with van der Waals surface area (Å²) in [6, 6.07) is 176. The van der Waals surface area contributed by atoms with Gasteiger partial charge in [-0.2, -0.15) is 0 Å². The van der Waals surface area contributed by atoms with Crippen molar-refractivity contribution in [1.82, 2.24) is 0 Å². The molecule has 0 N–H and O–H groups in total. The SMILES string of the molecule is CC1(C)c2ccccc2-c2ccc(N(c3ccc(-c4ccccc4)cc3)c3ccc4c(ccc5ccc6c7ccccc7sc6c54)c3)cc21.CC1(C)c2ccccc2-c2ccc(N(c3ccccc3)c3ccc4c(ccc5ccc6c7ccccc7sc6c54)c3)cc21.c1ccc(-c2ccc(-c3ccc(N(c4ccccc4)c4ccc5c(ccc6ccc7c8ccccc8sc7c65)c4)cc3)cc2)cc1. The molecular formula is C132H91N3S3. The molecule has 3 heterocycles. The first-order valence-corrected chi connectivity index (χ1v) is 50.1. The summed E-state index contributed by atoms with van der Waals surface area (Å²) in [4.78, 5) is 7.19. The van der Waals surface area contributed by atoms with Crippen molar-refractivity contribution in [2.75, 3.05) is 14.7 Å². The van der Waals surface area contributed by atoms with Crippen LogP contribution in [0.5, 0.6) is 0 Å². The van der Waals surface area contributed by atoms with Gasteiger partial charge in [0.15, 0.2) is 0 Å². The zero-order chi connectivity index (χ0) is 91.9. The number of thiophene rings is 3. The maximum Gasteiger partial charge on any atom is 0.0468 e. The van der Waals surface area contributed by atoms with Gasteiger partial charge in [-0.15, -0.1) is 34.0 Å². The standard InChI is InChI=1S/C47H33NS.C44H29NS.C41H29NS/c1-47(2)42-14-8-6-12-38(42)39-27-24-36(29-43(39)47)48(34-21-18-31(19-22-34)30-10-4-3-5-11-30)35-23-26-37-33(28-35)17-16-32-20-25-41-40-13-7-9-15-44(40)49-46(41)45(32)37;1-3-9-30(10-4-1)31-15-17-32(18-16-31)33-21-24-37(25-22-33)45(36-11-5-2-6-12-36)38-26-28-39-35(29-38)20-19-34-23-27-41-40-13-7-8-14-42(40)46-44(41)43(34)39;1-41(2)36-14-8-6-12-32(36)33-23-20-30(25-37(33)41)42(28-10-4-3-5-11-28)29-19-22-31-27(24-29)17-16-26-18-21-35-34-13-7-9-15-38(34)43-40(35)39(26)31/h3-29H,1-2H3;1-29H;3-25H,1-2H3. The van der Waals surface area contributed by atoms with Crippen molar-refractivity contribution < 1.29 is 0 Å². The highest BCUT2D eigenvalue weighted by Gasteiger charge is 2.38. The second kappa shape index (κ2) is 33.3. The Bertz CT molecular complexity index is 9320. The third kappa shape index (κ3) is 13.9. The molecular weight excluding hydrogens is 1720 g/mol. The van der Waals surface area contributed by atoms with Crippen molar-refractivity contribution in [3.05, 3.63) is 501 Å². The lowest BCUT2D eigenvalue weighted by molar-refractivity contribution is 0.660. The smallest absolute Gasteiger partial charge is 0.0468 e. The van der Waals surface area contributed by atoms with E-state index in [1.54, 1.807) is 0 Å². The fourth-order valence-electron chi connectivity index (χ4n) is 22.2. The van der Waals surface area contributed by atoms with E-state index in [4.69, 9.17) is 0 Å². The van der Waals surface area contributed by atoms with Crippen LogP contribution in [0.1, 0.15) is 49.9 Å². The Hall–Kier alpha value is -16.3. The molecule has 652 valence electrons. The van der Waals surface area contributed by atoms with E-state index in [0.29, 0.717) is 0 Å². The van der Waals surface area contributed by atoms with E-state index >= 15 is 0 Å². The molecule has 2 aliphatic rings. The predicted molar refractivity (Wildman–Crippen MR) is 599 cm³/mol. The highest BCUT2D eigenvalue weighted by molar-refractivity contribution is 7.27. The molecule has 6 heteroatoms. The Balaban J connectivity index is 0.000000107. The summed E-state index contributed by atoms with van der Waals surface area (Å²) in [5, 5.41) is 23.6. The van der Waals surface area contributed by atoms with Gasteiger partial charge < -0.3 is 14.7 Å². The van der Waals surface area contributed by atoms with Gasteiger partial charge in [-0.25, -0.2) is 0 Å². The number of para-hydroxylation sites is 2. The van der Waals surface area contributed by atoms with Gasteiger partial charge in [0.05, 0.1) is 0 Å². The Morgan fingerprint density at radius 3 is 0.739 bits per heavy atom. The maximum atomic E-state index is 2.43. The van der Waals surface area contributed by atoms with Gasteiger partial charge in [0.2, 0.25) is 0 Å². The fraction of sp³-hybridized carbons (Fsp3) is 0.0455. The quantitative estimate of drug-likeness (QED) is 0.113. The minimum Gasteiger partial charge on any atom is -0.310 e. The number of anilines is 9. The normalized spacial score (nSPS) is 12.8. The van der Waals surface area contributed by atoms with E-state index in [1.807, 2.05) is 34.0 Å². The van der Waals surface area contributed by atoms with Crippen LogP contribution >= 0.6 is 34.0 Å². The molecule has 0 saturated heterocycles. The summed E-state index contributed by atoms with van der Waals surface area (Å²) in [5.74, 6) is 0. The minimum atomic E-state index is -0.0807. The second-order valence-corrected chi connectivity index (χ2v) is 40.9. The molecule has 3 nitrogen and oxygen atoms in total. The summed E-state index contributed by atoms with van der Waals surface area (Å²) < 4.78 is 8.12. The summed E-state index contributed by atoms with van der Waals surface area (Å²) in [6.45, 7) is 9.42. The van der Waals surface area contributed by atoms with E-state index in [-0.39, 0.29) is 10.8 Å². The number of rotatable bonds is 12. The topological polar surface area (TPSA) is 9.72 Å². The first kappa shape index (κ1) is 82.4. The third-order valence-electron chi connectivity index (χ3n) is 29.1.